The van der Waals surface area contributed by atoms with Gasteiger partial charge in [-0.2, -0.15) is 0 Å². The molecule has 0 saturated heterocycles. The summed E-state index contributed by atoms with van der Waals surface area (Å²) >= 11 is 0. The van der Waals surface area contributed by atoms with Crippen LogP contribution < -0.4 is 21.3 Å². The van der Waals surface area contributed by atoms with Gasteiger partial charge in [-0.25, -0.2) is 0 Å². The number of carbonyl (C=O) groups is 2. The van der Waals surface area contributed by atoms with Crippen LogP contribution in [0.25, 0.3) is 11.1 Å². The average molecular weight is 589 g/mol. The molecule has 2 aromatic heterocycles. The van der Waals surface area contributed by atoms with Gasteiger partial charge in [0.2, 0.25) is 0 Å². The smallest absolute Gasteiger partial charge is 0.274 e. The fourth-order valence-corrected chi connectivity index (χ4v) is 5.97. The SMILES string of the molecule is CNCc1cnc(C(=O)Nc2cccc(-c3cccc(NC(=O)c4cc(C5CC5)c(CNC)cn4)c3C)c2C)cc1C1CC1. The van der Waals surface area contributed by atoms with Gasteiger partial charge in [0.25, 0.3) is 11.8 Å². The Labute approximate surface area is 259 Å². The number of nitrogens with zero attached hydrogens (tertiary/aromatic N) is 2. The summed E-state index contributed by atoms with van der Waals surface area (Å²) in [5, 5.41) is 12.6. The van der Waals surface area contributed by atoms with E-state index >= 15 is 0 Å². The van der Waals surface area contributed by atoms with E-state index in [0.29, 0.717) is 23.2 Å². The van der Waals surface area contributed by atoms with Crippen LogP contribution in [0.1, 0.15) is 91.9 Å². The highest BCUT2D eigenvalue weighted by Crippen LogP contribution is 2.43. The van der Waals surface area contributed by atoms with Gasteiger partial charge >= 0.3 is 0 Å². The van der Waals surface area contributed by atoms with Crippen molar-refractivity contribution < 1.29 is 9.59 Å². The van der Waals surface area contributed by atoms with E-state index in [1.54, 1.807) is 0 Å². The molecule has 0 unspecified atom stereocenters. The van der Waals surface area contributed by atoms with Gasteiger partial charge in [-0.3, -0.25) is 19.6 Å². The summed E-state index contributed by atoms with van der Waals surface area (Å²) in [5.41, 5.74) is 10.9. The van der Waals surface area contributed by atoms with E-state index < -0.39 is 0 Å². The van der Waals surface area contributed by atoms with Gasteiger partial charge in [0, 0.05) is 36.9 Å². The molecule has 4 N–H and O–H groups in total. The van der Waals surface area contributed by atoms with E-state index in [-0.39, 0.29) is 11.8 Å². The van der Waals surface area contributed by atoms with Gasteiger partial charge in [0.1, 0.15) is 11.4 Å². The Morgan fingerprint density at radius 3 is 1.45 bits per heavy atom. The molecular weight excluding hydrogens is 548 g/mol. The van der Waals surface area contributed by atoms with Crippen molar-refractivity contribution >= 4 is 23.2 Å². The lowest BCUT2D eigenvalue weighted by molar-refractivity contribution is 0.101. The molecule has 226 valence electrons. The van der Waals surface area contributed by atoms with Crippen molar-refractivity contribution in [2.24, 2.45) is 0 Å². The molecule has 6 rings (SSSR count). The number of nitrogens with one attached hydrogen (secondary N) is 4. The molecule has 2 aliphatic rings. The lowest BCUT2D eigenvalue weighted by atomic mass is 9.94. The Kier molecular flexibility index (Phi) is 8.55. The maximum absolute atomic E-state index is 13.3. The second-order valence-electron chi connectivity index (χ2n) is 12.0. The van der Waals surface area contributed by atoms with Gasteiger partial charge in [0.15, 0.2) is 0 Å². The number of hydrogen-bond acceptors (Lipinski definition) is 6. The number of carbonyl (C=O) groups excluding carboxylic acids is 2. The quantitative estimate of drug-likeness (QED) is 0.160. The van der Waals surface area contributed by atoms with Gasteiger partial charge in [0.05, 0.1) is 0 Å². The number of pyridine rings is 2. The summed E-state index contributed by atoms with van der Waals surface area (Å²) in [5.74, 6) is 0.587. The first-order valence-corrected chi connectivity index (χ1v) is 15.5. The highest BCUT2D eigenvalue weighted by Gasteiger charge is 2.28. The first-order chi connectivity index (χ1) is 21.4. The molecule has 0 spiro atoms. The largest absolute Gasteiger partial charge is 0.320 e. The highest BCUT2D eigenvalue weighted by atomic mass is 16.2. The van der Waals surface area contributed by atoms with Gasteiger partial charge in [-0.05, 0) is 134 Å². The van der Waals surface area contributed by atoms with E-state index in [4.69, 9.17) is 0 Å². The van der Waals surface area contributed by atoms with Gasteiger partial charge in [-0.1, -0.05) is 24.3 Å². The molecule has 44 heavy (non-hydrogen) atoms. The Balaban J connectivity index is 1.22. The van der Waals surface area contributed by atoms with Crippen LogP contribution in [0.3, 0.4) is 0 Å². The topological polar surface area (TPSA) is 108 Å². The Morgan fingerprint density at radius 2 is 1.09 bits per heavy atom. The molecule has 2 fully saturated rings. The van der Waals surface area contributed by atoms with Crippen LogP contribution >= 0.6 is 0 Å². The third-order valence-electron chi connectivity index (χ3n) is 8.73. The summed E-state index contributed by atoms with van der Waals surface area (Å²) in [6.07, 6.45) is 8.27. The third kappa shape index (κ3) is 6.27. The molecular formula is C36H40N6O2. The van der Waals surface area contributed by atoms with Crippen molar-refractivity contribution in [3.05, 3.63) is 106 Å². The Bertz CT molecular complexity index is 1600. The number of aromatic nitrogens is 2. The fourth-order valence-electron chi connectivity index (χ4n) is 5.97. The molecule has 2 saturated carbocycles. The zero-order chi connectivity index (χ0) is 30.8. The number of anilines is 2. The molecule has 0 aliphatic heterocycles. The molecule has 4 aromatic rings. The first-order valence-electron chi connectivity index (χ1n) is 15.5. The van der Waals surface area contributed by atoms with E-state index in [9.17, 15) is 9.59 Å². The average Bonchev–Trinajstić information content (AvgIpc) is 3.94. The van der Waals surface area contributed by atoms with Crippen LogP contribution in [0.5, 0.6) is 0 Å². The minimum atomic E-state index is -0.223. The molecule has 8 heteroatoms. The molecule has 2 heterocycles. The van der Waals surface area contributed by atoms with Crippen molar-refractivity contribution in [1.29, 1.82) is 0 Å². The summed E-state index contributed by atoms with van der Waals surface area (Å²) in [6, 6.07) is 15.7. The van der Waals surface area contributed by atoms with Crippen LogP contribution in [-0.2, 0) is 13.1 Å². The van der Waals surface area contributed by atoms with Crippen molar-refractivity contribution in [3.63, 3.8) is 0 Å². The maximum Gasteiger partial charge on any atom is 0.274 e. The van der Waals surface area contributed by atoms with Crippen LogP contribution in [-0.4, -0.2) is 35.9 Å². The summed E-state index contributed by atoms with van der Waals surface area (Å²) in [6.45, 7) is 5.49. The third-order valence-corrected chi connectivity index (χ3v) is 8.73. The van der Waals surface area contributed by atoms with Crippen LogP contribution in [0.2, 0.25) is 0 Å². The predicted octanol–water partition coefficient (Wildman–Crippen LogP) is 6.46. The molecule has 0 atom stereocenters. The minimum absolute atomic E-state index is 0.223. The van der Waals surface area contributed by atoms with E-state index in [1.807, 2.05) is 88.9 Å². The molecule has 2 aliphatic carbocycles. The lowest BCUT2D eigenvalue weighted by Crippen LogP contribution is -2.17. The second-order valence-corrected chi connectivity index (χ2v) is 12.0. The Morgan fingerprint density at radius 1 is 0.682 bits per heavy atom. The minimum Gasteiger partial charge on any atom is -0.320 e. The van der Waals surface area contributed by atoms with Crippen molar-refractivity contribution in [2.45, 2.75) is 64.5 Å². The maximum atomic E-state index is 13.3. The normalized spacial score (nSPS) is 14.4. The molecule has 2 amide bonds. The van der Waals surface area contributed by atoms with Crippen LogP contribution in [0.4, 0.5) is 11.4 Å². The Hall–Kier alpha value is -4.40. The van der Waals surface area contributed by atoms with Crippen molar-refractivity contribution in [1.82, 2.24) is 20.6 Å². The zero-order valence-corrected chi connectivity index (χ0v) is 25.9. The highest BCUT2D eigenvalue weighted by molar-refractivity contribution is 6.05. The summed E-state index contributed by atoms with van der Waals surface area (Å²) in [7, 11) is 3.84. The zero-order valence-electron chi connectivity index (χ0n) is 25.9. The number of hydrogen-bond donors (Lipinski definition) is 4. The second kappa shape index (κ2) is 12.7. The summed E-state index contributed by atoms with van der Waals surface area (Å²) < 4.78 is 0. The van der Waals surface area contributed by atoms with Crippen molar-refractivity contribution in [3.8, 4) is 11.1 Å². The number of rotatable bonds is 11. The van der Waals surface area contributed by atoms with Gasteiger partial charge in [-0.15, -0.1) is 0 Å². The number of amides is 2. The molecule has 8 nitrogen and oxygen atoms in total. The summed E-state index contributed by atoms with van der Waals surface area (Å²) in [4.78, 5) is 35.6. The standard InChI is InChI=1S/C36H40N6O2/c1-21-27(7-5-9-31(21)41-35(43)33-15-29(23-11-12-23)25(17-37-3)19-39-33)28-8-6-10-32(22(28)2)42-36(44)34-16-30(24-13-14-24)26(18-38-4)20-40-34/h5-10,15-16,19-20,23-24,37-38H,11-14,17-18H2,1-4H3,(H,41,43)(H,42,44). The molecule has 2 aromatic carbocycles. The van der Waals surface area contributed by atoms with Crippen LogP contribution in [0.15, 0.2) is 60.9 Å². The monoisotopic (exact) mass is 588 g/mol. The first kappa shape index (κ1) is 29.7. The van der Waals surface area contributed by atoms with E-state index in [0.717, 1.165) is 83.5 Å². The predicted molar refractivity (Wildman–Crippen MR) is 175 cm³/mol. The van der Waals surface area contributed by atoms with E-state index in [1.165, 1.54) is 11.1 Å². The molecule has 0 bridgehead atoms. The van der Waals surface area contributed by atoms with Crippen molar-refractivity contribution in [2.75, 3.05) is 24.7 Å². The van der Waals surface area contributed by atoms with E-state index in [2.05, 4.69) is 31.2 Å². The number of benzene rings is 2. The lowest BCUT2D eigenvalue weighted by Gasteiger charge is -2.17. The van der Waals surface area contributed by atoms with Gasteiger partial charge < -0.3 is 21.3 Å². The van der Waals surface area contributed by atoms with Crippen LogP contribution in [0, 0.1) is 13.8 Å². The fraction of sp³-hybridized carbons (Fsp3) is 0.333. The molecule has 0 radical (unpaired) electrons.